The Morgan fingerprint density at radius 1 is 1.10 bits per heavy atom. The number of aromatic nitrogens is 1. The van der Waals surface area contributed by atoms with Crippen LogP contribution in [0.2, 0.25) is 5.02 Å². The molecule has 1 aromatic heterocycles. The van der Waals surface area contributed by atoms with E-state index in [0.717, 1.165) is 0 Å². The Balaban J connectivity index is 1.70. The summed E-state index contributed by atoms with van der Waals surface area (Å²) in [6, 6.07) is 14.6. The molecular weight excluding hydrogens is 406 g/mol. The van der Waals surface area contributed by atoms with E-state index >= 15 is 0 Å². The molecule has 0 spiro atoms. The van der Waals surface area contributed by atoms with Crippen molar-refractivity contribution in [3.8, 4) is 11.5 Å². The summed E-state index contributed by atoms with van der Waals surface area (Å²) in [6.07, 6.45) is 4.49. The summed E-state index contributed by atoms with van der Waals surface area (Å²) in [7, 11) is 0. The fourth-order valence-electron chi connectivity index (χ4n) is 2.43. The first-order valence-electron chi connectivity index (χ1n) is 9.05. The third kappa shape index (κ3) is 5.65. The van der Waals surface area contributed by atoms with Gasteiger partial charge < -0.3 is 9.47 Å². The molecule has 2 aromatic carbocycles. The normalized spacial score (nSPS) is 10.6. The highest BCUT2D eigenvalue weighted by Gasteiger charge is 2.13. The molecular formula is C22H18ClN3O4. The van der Waals surface area contributed by atoms with Crippen molar-refractivity contribution in [3.63, 3.8) is 0 Å². The number of hydrazone groups is 1. The maximum absolute atomic E-state index is 12.3. The van der Waals surface area contributed by atoms with Crippen LogP contribution >= 0.6 is 11.6 Å². The van der Waals surface area contributed by atoms with E-state index < -0.39 is 5.97 Å². The van der Waals surface area contributed by atoms with E-state index in [-0.39, 0.29) is 11.7 Å². The number of carbonyl (C=O) groups excluding carboxylic acids is 2. The van der Waals surface area contributed by atoms with Crippen molar-refractivity contribution in [2.75, 3.05) is 6.61 Å². The largest absolute Gasteiger partial charge is 0.490 e. The number of ether oxygens (including phenoxy) is 2. The molecule has 8 heteroatoms. The van der Waals surface area contributed by atoms with Gasteiger partial charge in [-0.25, -0.2) is 10.2 Å². The quantitative estimate of drug-likeness (QED) is 0.267. The molecule has 3 aromatic rings. The maximum Gasteiger partial charge on any atom is 0.343 e. The molecule has 0 saturated carbocycles. The molecule has 0 aliphatic rings. The number of pyridine rings is 1. The van der Waals surface area contributed by atoms with Crippen LogP contribution in [0, 0.1) is 0 Å². The van der Waals surface area contributed by atoms with Gasteiger partial charge in [-0.05, 0) is 67.1 Å². The van der Waals surface area contributed by atoms with Gasteiger partial charge in [-0.15, -0.1) is 0 Å². The van der Waals surface area contributed by atoms with Crippen LogP contribution in [0.1, 0.15) is 33.2 Å². The molecule has 3 rings (SSSR count). The molecule has 0 saturated heterocycles. The lowest BCUT2D eigenvalue weighted by molar-refractivity contribution is 0.0728. The second kappa shape index (κ2) is 10.2. The molecule has 152 valence electrons. The van der Waals surface area contributed by atoms with E-state index in [1.165, 1.54) is 12.4 Å². The summed E-state index contributed by atoms with van der Waals surface area (Å²) < 4.78 is 11.0. The van der Waals surface area contributed by atoms with Crippen LogP contribution in [0.3, 0.4) is 0 Å². The van der Waals surface area contributed by atoms with Crippen LogP contribution in [0.15, 0.2) is 72.1 Å². The Morgan fingerprint density at radius 2 is 1.90 bits per heavy atom. The number of hydrogen-bond acceptors (Lipinski definition) is 6. The second-order valence-electron chi connectivity index (χ2n) is 5.98. The summed E-state index contributed by atoms with van der Waals surface area (Å²) in [5.41, 5.74) is 3.84. The van der Waals surface area contributed by atoms with Crippen LogP contribution in [0.25, 0.3) is 0 Å². The minimum absolute atomic E-state index is 0.272. The van der Waals surface area contributed by atoms with Crippen molar-refractivity contribution in [2.24, 2.45) is 5.10 Å². The molecule has 7 nitrogen and oxygen atoms in total. The van der Waals surface area contributed by atoms with Gasteiger partial charge in [0.15, 0.2) is 11.5 Å². The lowest BCUT2D eigenvalue weighted by Gasteiger charge is -2.11. The highest BCUT2D eigenvalue weighted by Crippen LogP contribution is 2.29. The molecule has 0 fully saturated rings. The number of amides is 1. The number of halogens is 1. The lowest BCUT2D eigenvalue weighted by Crippen LogP contribution is -2.17. The lowest BCUT2D eigenvalue weighted by atomic mass is 10.2. The average Bonchev–Trinajstić information content (AvgIpc) is 2.76. The van der Waals surface area contributed by atoms with E-state index in [2.05, 4.69) is 15.5 Å². The number of nitrogens with one attached hydrogen (secondary N) is 1. The molecule has 0 aliphatic heterocycles. The van der Waals surface area contributed by atoms with Gasteiger partial charge in [-0.2, -0.15) is 5.10 Å². The highest BCUT2D eigenvalue weighted by molar-refractivity contribution is 6.30. The summed E-state index contributed by atoms with van der Waals surface area (Å²) in [5.74, 6) is -0.258. The van der Waals surface area contributed by atoms with Gasteiger partial charge in [0.1, 0.15) is 0 Å². The van der Waals surface area contributed by atoms with E-state index in [1.807, 2.05) is 6.92 Å². The molecule has 30 heavy (non-hydrogen) atoms. The fraction of sp³-hybridized carbons (Fsp3) is 0.0909. The summed E-state index contributed by atoms with van der Waals surface area (Å²) in [4.78, 5) is 28.2. The van der Waals surface area contributed by atoms with Crippen molar-refractivity contribution in [3.05, 3.63) is 88.7 Å². The van der Waals surface area contributed by atoms with Gasteiger partial charge in [0, 0.05) is 17.4 Å². The summed E-state index contributed by atoms with van der Waals surface area (Å²) in [5, 5.41) is 4.47. The van der Waals surface area contributed by atoms with E-state index in [9.17, 15) is 9.59 Å². The Bertz CT molecular complexity index is 1050. The predicted molar refractivity (Wildman–Crippen MR) is 113 cm³/mol. The topological polar surface area (TPSA) is 89.9 Å². The molecule has 0 unspecified atom stereocenters. The van der Waals surface area contributed by atoms with Crippen LogP contribution in [-0.4, -0.2) is 29.7 Å². The van der Waals surface area contributed by atoms with Crippen molar-refractivity contribution in [1.29, 1.82) is 0 Å². The standard InChI is InChI=1S/C22H18ClN3O4/c1-2-29-20-12-15(13-25-26-21(27)17-4-3-11-24-14-17)5-10-19(20)30-22(28)16-6-8-18(23)9-7-16/h3-14H,2H2,1H3,(H,26,27)/b25-13-. The van der Waals surface area contributed by atoms with Crippen molar-refractivity contribution in [2.45, 2.75) is 6.92 Å². The minimum atomic E-state index is -0.530. The Labute approximate surface area is 178 Å². The summed E-state index contributed by atoms with van der Waals surface area (Å²) >= 11 is 5.84. The number of esters is 1. The molecule has 0 radical (unpaired) electrons. The molecule has 0 aliphatic carbocycles. The predicted octanol–water partition coefficient (Wildman–Crippen LogP) is 4.12. The van der Waals surface area contributed by atoms with Crippen LogP contribution in [-0.2, 0) is 0 Å². The van der Waals surface area contributed by atoms with Gasteiger partial charge in [-0.3, -0.25) is 9.78 Å². The van der Waals surface area contributed by atoms with Gasteiger partial charge in [0.2, 0.25) is 0 Å². The van der Waals surface area contributed by atoms with Crippen molar-refractivity contribution in [1.82, 2.24) is 10.4 Å². The number of hydrogen-bond donors (Lipinski definition) is 1. The first-order chi connectivity index (χ1) is 14.6. The zero-order valence-electron chi connectivity index (χ0n) is 16.0. The average molecular weight is 424 g/mol. The van der Waals surface area contributed by atoms with E-state index in [4.69, 9.17) is 21.1 Å². The smallest absolute Gasteiger partial charge is 0.343 e. The summed E-state index contributed by atoms with van der Waals surface area (Å²) in [6.45, 7) is 2.20. The first-order valence-corrected chi connectivity index (χ1v) is 9.42. The van der Waals surface area contributed by atoms with E-state index in [1.54, 1.807) is 60.8 Å². The fourth-order valence-corrected chi connectivity index (χ4v) is 2.56. The molecule has 0 atom stereocenters. The molecule has 1 N–H and O–H groups in total. The van der Waals surface area contributed by atoms with Crippen LogP contribution < -0.4 is 14.9 Å². The number of rotatable bonds is 7. The Morgan fingerprint density at radius 3 is 2.60 bits per heavy atom. The number of nitrogens with zero attached hydrogens (tertiary/aromatic N) is 2. The molecule has 1 heterocycles. The van der Waals surface area contributed by atoms with Crippen LogP contribution in [0.4, 0.5) is 0 Å². The first kappa shape index (κ1) is 21.0. The minimum Gasteiger partial charge on any atom is -0.490 e. The van der Waals surface area contributed by atoms with Gasteiger partial charge in [-0.1, -0.05) is 11.6 Å². The third-order valence-electron chi connectivity index (χ3n) is 3.85. The van der Waals surface area contributed by atoms with Gasteiger partial charge in [0.05, 0.1) is 23.9 Å². The van der Waals surface area contributed by atoms with Crippen molar-refractivity contribution >= 4 is 29.7 Å². The van der Waals surface area contributed by atoms with Crippen LogP contribution in [0.5, 0.6) is 11.5 Å². The molecule has 0 bridgehead atoms. The SMILES string of the molecule is CCOc1cc(/C=N\NC(=O)c2cccnc2)ccc1OC(=O)c1ccc(Cl)cc1. The zero-order valence-corrected chi connectivity index (χ0v) is 16.8. The second-order valence-corrected chi connectivity index (χ2v) is 6.41. The third-order valence-corrected chi connectivity index (χ3v) is 4.11. The number of carbonyl (C=O) groups is 2. The maximum atomic E-state index is 12.3. The molecule has 1 amide bonds. The van der Waals surface area contributed by atoms with Crippen molar-refractivity contribution < 1.29 is 19.1 Å². The highest BCUT2D eigenvalue weighted by atomic mass is 35.5. The van der Waals surface area contributed by atoms with Gasteiger partial charge >= 0.3 is 5.97 Å². The van der Waals surface area contributed by atoms with E-state index in [0.29, 0.717) is 34.1 Å². The van der Waals surface area contributed by atoms with Gasteiger partial charge in [0.25, 0.3) is 5.91 Å². The zero-order chi connectivity index (χ0) is 21.3. The Kier molecular flexibility index (Phi) is 7.13. The number of benzene rings is 2. The monoisotopic (exact) mass is 423 g/mol. The Hall–Kier alpha value is -3.71.